The molecule has 2 heterocycles. The van der Waals surface area contributed by atoms with Gasteiger partial charge in [-0.3, -0.25) is 9.69 Å². The fraction of sp³-hybridized carbons (Fsp3) is 0.536. The van der Waals surface area contributed by atoms with E-state index >= 15 is 0 Å². The van der Waals surface area contributed by atoms with Crippen molar-refractivity contribution in [2.24, 2.45) is 11.8 Å². The Bertz CT molecular complexity index is 861. The van der Waals surface area contributed by atoms with E-state index in [0.717, 1.165) is 45.6 Å². The van der Waals surface area contributed by atoms with E-state index in [1.54, 1.807) is 0 Å². The summed E-state index contributed by atoms with van der Waals surface area (Å²) in [7, 11) is -0.391. The van der Waals surface area contributed by atoms with Gasteiger partial charge < -0.3 is 14.7 Å². The fourth-order valence-electron chi connectivity index (χ4n) is 5.73. The third-order valence-corrected chi connectivity index (χ3v) is 7.78. The standard InChI is InChI=1S/C28H40BN3O2/c1-22(2)26-21-30(28(24-10-6-4-7-11-24)25-12-8-5-9-13-25)18-19-32(26)27(33)20-23-14-16-31(17-15-23)29(3)34/h4-13,22-23,26,28,34H,14-21H2,1-3H3/t26-/m1/s1. The lowest BCUT2D eigenvalue weighted by molar-refractivity contribution is -0.139. The summed E-state index contributed by atoms with van der Waals surface area (Å²) in [6, 6.07) is 21.9. The summed E-state index contributed by atoms with van der Waals surface area (Å²) >= 11 is 0. The minimum Gasteiger partial charge on any atom is -0.437 e. The number of benzene rings is 2. The van der Waals surface area contributed by atoms with Gasteiger partial charge in [-0.15, -0.1) is 0 Å². The lowest BCUT2D eigenvalue weighted by atomic mass is 9.80. The first-order valence-electron chi connectivity index (χ1n) is 13.0. The van der Waals surface area contributed by atoms with Gasteiger partial charge in [-0.25, -0.2) is 0 Å². The quantitative estimate of drug-likeness (QED) is 0.630. The molecule has 2 saturated heterocycles. The molecular formula is C28H40BN3O2. The molecule has 6 heteroatoms. The van der Waals surface area contributed by atoms with Crippen molar-refractivity contribution in [3.05, 3.63) is 71.8 Å². The van der Waals surface area contributed by atoms with Crippen LogP contribution < -0.4 is 0 Å². The van der Waals surface area contributed by atoms with Gasteiger partial charge in [-0.1, -0.05) is 74.5 Å². The maximum Gasteiger partial charge on any atom is 0.376 e. The zero-order valence-corrected chi connectivity index (χ0v) is 21.0. The SMILES string of the molecule is CB(O)N1CCC(CC(=O)N2CCN(C(c3ccccc3)c3ccccc3)C[C@@H]2C(C)C)CC1. The van der Waals surface area contributed by atoms with E-state index in [1.807, 2.05) is 6.82 Å². The van der Waals surface area contributed by atoms with Crippen LogP contribution >= 0.6 is 0 Å². The summed E-state index contributed by atoms with van der Waals surface area (Å²) in [6.07, 6.45) is 2.62. The molecule has 182 valence electrons. The Kier molecular flexibility index (Phi) is 8.46. The number of hydrogen-bond acceptors (Lipinski definition) is 4. The average Bonchev–Trinajstić information content (AvgIpc) is 2.86. The van der Waals surface area contributed by atoms with Crippen LogP contribution in [-0.4, -0.2) is 71.4 Å². The van der Waals surface area contributed by atoms with Crippen molar-refractivity contribution in [3.63, 3.8) is 0 Å². The van der Waals surface area contributed by atoms with Gasteiger partial charge in [0.05, 0.1) is 6.04 Å². The second kappa shape index (κ2) is 11.5. The highest BCUT2D eigenvalue weighted by atomic mass is 16.2. The van der Waals surface area contributed by atoms with Gasteiger partial charge in [0.2, 0.25) is 5.91 Å². The molecule has 5 nitrogen and oxygen atoms in total. The molecule has 2 aliphatic heterocycles. The first kappa shape index (κ1) is 25.0. The van der Waals surface area contributed by atoms with Gasteiger partial charge in [0.15, 0.2) is 0 Å². The molecule has 2 fully saturated rings. The van der Waals surface area contributed by atoms with E-state index < -0.39 is 7.05 Å². The Morgan fingerprint density at radius 1 is 0.941 bits per heavy atom. The highest BCUT2D eigenvalue weighted by Crippen LogP contribution is 2.32. The molecule has 2 aliphatic rings. The number of carbonyl (C=O) groups is 1. The Morgan fingerprint density at radius 2 is 1.50 bits per heavy atom. The van der Waals surface area contributed by atoms with Crippen LogP contribution in [0.5, 0.6) is 0 Å². The largest absolute Gasteiger partial charge is 0.437 e. The third kappa shape index (κ3) is 5.91. The van der Waals surface area contributed by atoms with E-state index in [4.69, 9.17) is 0 Å². The number of carbonyl (C=O) groups excluding carboxylic acids is 1. The second-order valence-electron chi connectivity index (χ2n) is 10.4. The average molecular weight is 461 g/mol. The third-order valence-electron chi connectivity index (χ3n) is 7.78. The number of piperazine rings is 1. The van der Waals surface area contributed by atoms with Crippen LogP contribution in [0, 0.1) is 11.8 Å². The molecule has 0 bridgehead atoms. The van der Waals surface area contributed by atoms with E-state index in [2.05, 4.69) is 89.1 Å². The lowest BCUT2D eigenvalue weighted by Gasteiger charge is -2.47. The first-order chi connectivity index (χ1) is 16.4. The van der Waals surface area contributed by atoms with E-state index in [0.29, 0.717) is 24.2 Å². The molecule has 34 heavy (non-hydrogen) atoms. The van der Waals surface area contributed by atoms with Crippen LogP contribution in [0.25, 0.3) is 0 Å². The van der Waals surface area contributed by atoms with Gasteiger partial charge in [0.1, 0.15) is 0 Å². The van der Waals surface area contributed by atoms with E-state index in [1.165, 1.54) is 11.1 Å². The number of rotatable bonds is 7. The van der Waals surface area contributed by atoms with Gasteiger partial charge in [-0.05, 0) is 55.7 Å². The van der Waals surface area contributed by atoms with Crippen LogP contribution in [0.2, 0.25) is 6.82 Å². The molecule has 2 aromatic rings. The number of amides is 1. The van der Waals surface area contributed by atoms with Crippen molar-refractivity contribution in [2.45, 2.75) is 52.0 Å². The second-order valence-corrected chi connectivity index (χ2v) is 10.4. The first-order valence-corrected chi connectivity index (χ1v) is 13.0. The summed E-state index contributed by atoms with van der Waals surface area (Å²) in [5.74, 6) is 1.13. The molecule has 1 amide bonds. The van der Waals surface area contributed by atoms with Crippen LogP contribution in [-0.2, 0) is 4.79 Å². The van der Waals surface area contributed by atoms with Crippen LogP contribution in [0.1, 0.15) is 50.3 Å². The number of nitrogens with zero attached hydrogens (tertiary/aromatic N) is 3. The predicted octanol–water partition coefficient (Wildman–Crippen LogP) is 4.16. The van der Waals surface area contributed by atoms with Crippen molar-refractivity contribution in [1.82, 2.24) is 14.6 Å². The van der Waals surface area contributed by atoms with E-state index in [-0.39, 0.29) is 12.1 Å². The van der Waals surface area contributed by atoms with Gasteiger partial charge in [0, 0.05) is 32.1 Å². The maximum atomic E-state index is 13.5. The molecule has 0 unspecified atom stereocenters. The molecule has 1 atom stereocenters. The Morgan fingerprint density at radius 3 is 2.00 bits per heavy atom. The number of piperidine rings is 1. The van der Waals surface area contributed by atoms with Crippen molar-refractivity contribution in [3.8, 4) is 0 Å². The topological polar surface area (TPSA) is 47.0 Å². The molecule has 1 N–H and O–H groups in total. The lowest BCUT2D eigenvalue weighted by Crippen LogP contribution is -2.58. The highest BCUT2D eigenvalue weighted by molar-refractivity contribution is 6.45. The van der Waals surface area contributed by atoms with Crippen molar-refractivity contribution in [2.75, 3.05) is 32.7 Å². The monoisotopic (exact) mass is 461 g/mol. The molecular weight excluding hydrogens is 421 g/mol. The Hall–Kier alpha value is -2.15. The highest BCUT2D eigenvalue weighted by Gasteiger charge is 2.37. The van der Waals surface area contributed by atoms with Gasteiger partial charge in [0.25, 0.3) is 0 Å². The zero-order valence-electron chi connectivity index (χ0n) is 21.0. The minimum absolute atomic E-state index is 0.200. The van der Waals surface area contributed by atoms with Gasteiger partial charge >= 0.3 is 7.05 Å². The molecule has 0 radical (unpaired) electrons. The summed E-state index contributed by atoms with van der Waals surface area (Å²) in [4.78, 5) is 20.3. The van der Waals surface area contributed by atoms with Gasteiger partial charge in [-0.2, -0.15) is 0 Å². The van der Waals surface area contributed by atoms with Crippen LogP contribution in [0.4, 0.5) is 0 Å². The van der Waals surface area contributed by atoms with Crippen molar-refractivity contribution < 1.29 is 9.82 Å². The normalized spacial score (nSPS) is 20.8. The maximum absolute atomic E-state index is 13.5. The van der Waals surface area contributed by atoms with E-state index in [9.17, 15) is 9.82 Å². The summed E-state index contributed by atoms with van der Waals surface area (Å²) < 4.78 is 0. The molecule has 2 aromatic carbocycles. The number of hydrogen-bond donors (Lipinski definition) is 1. The zero-order chi connectivity index (χ0) is 24.1. The van der Waals surface area contributed by atoms with Crippen molar-refractivity contribution in [1.29, 1.82) is 0 Å². The summed E-state index contributed by atoms with van der Waals surface area (Å²) in [5.41, 5.74) is 2.61. The molecule has 0 saturated carbocycles. The Labute approximate surface area is 205 Å². The molecule has 0 spiro atoms. The summed E-state index contributed by atoms with van der Waals surface area (Å²) in [5, 5.41) is 9.83. The molecule has 4 rings (SSSR count). The fourth-order valence-corrected chi connectivity index (χ4v) is 5.73. The van der Waals surface area contributed by atoms with Crippen LogP contribution in [0.3, 0.4) is 0 Å². The smallest absolute Gasteiger partial charge is 0.376 e. The van der Waals surface area contributed by atoms with Crippen LogP contribution in [0.15, 0.2) is 60.7 Å². The predicted molar refractivity (Wildman–Crippen MR) is 139 cm³/mol. The Balaban J connectivity index is 1.46. The minimum atomic E-state index is -0.391. The van der Waals surface area contributed by atoms with Crippen molar-refractivity contribution >= 4 is 13.0 Å². The summed E-state index contributed by atoms with van der Waals surface area (Å²) in [6.45, 7) is 10.6. The molecule has 0 aliphatic carbocycles. The molecule has 0 aromatic heterocycles.